The third kappa shape index (κ3) is 4.68. The number of hydrogen-bond donors (Lipinski definition) is 1. The van der Waals surface area contributed by atoms with Crippen molar-refractivity contribution >= 4 is 29.1 Å². The molecule has 3 heterocycles. The first-order chi connectivity index (χ1) is 12.7. The summed E-state index contributed by atoms with van der Waals surface area (Å²) in [5.74, 6) is 0.499. The van der Waals surface area contributed by atoms with Gasteiger partial charge < -0.3 is 10.2 Å². The van der Waals surface area contributed by atoms with Crippen molar-refractivity contribution in [2.75, 3.05) is 23.3 Å². The molecule has 1 amide bonds. The van der Waals surface area contributed by atoms with Crippen LogP contribution < -0.4 is 10.2 Å². The van der Waals surface area contributed by atoms with E-state index in [1.807, 2.05) is 13.0 Å². The van der Waals surface area contributed by atoms with Gasteiger partial charge in [0.1, 0.15) is 11.6 Å². The molecule has 1 saturated heterocycles. The number of alkyl halides is 3. The van der Waals surface area contributed by atoms with E-state index in [1.165, 1.54) is 0 Å². The Morgan fingerprint density at radius 3 is 2.48 bits per heavy atom. The summed E-state index contributed by atoms with van der Waals surface area (Å²) in [6.45, 7) is 2.88. The molecule has 0 saturated carbocycles. The zero-order valence-electron chi connectivity index (χ0n) is 14.6. The van der Waals surface area contributed by atoms with Gasteiger partial charge in [-0.25, -0.2) is 9.97 Å². The first kappa shape index (κ1) is 19.4. The minimum atomic E-state index is -4.48. The van der Waals surface area contributed by atoms with Crippen molar-refractivity contribution in [3.05, 3.63) is 46.7 Å². The van der Waals surface area contributed by atoms with E-state index in [0.717, 1.165) is 17.8 Å². The van der Waals surface area contributed by atoms with Crippen LogP contribution in [0.1, 0.15) is 24.0 Å². The second kappa shape index (κ2) is 7.72. The maximum atomic E-state index is 12.7. The Morgan fingerprint density at radius 1 is 1.22 bits per heavy atom. The number of carbonyl (C=O) groups excluding carboxylic acids is 1. The molecule has 5 nitrogen and oxygen atoms in total. The zero-order chi connectivity index (χ0) is 19.6. The third-order valence-electron chi connectivity index (χ3n) is 4.48. The maximum Gasteiger partial charge on any atom is 0.417 e. The minimum Gasteiger partial charge on any atom is -0.355 e. The highest BCUT2D eigenvalue weighted by Crippen LogP contribution is 2.34. The molecule has 0 bridgehead atoms. The highest BCUT2D eigenvalue weighted by molar-refractivity contribution is 6.33. The number of aryl methyl sites for hydroxylation is 1. The van der Waals surface area contributed by atoms with Gasteiger partial charge in [0, 0.05) is 31.4 Å². The summed E-state index contributed by atoms with van der Waals surface area (Å²) in [7, 11) is 0. The molecule has 144 valence electrons. The van der Waals surface area contributed by atoms with Crippen LogP contribution in [-0.4, -0.2) is 29.0 Å². The van der Waals surface area contributed by atoms with Gasteiger partial charge in [-0.15, -0.1) is 0 Å². The van der Waals surface area contributed by atoms with E-state index in [-0.39, 0.29) is 16.8 Å². The molecule has 0 aliphatic carbocycles. The van der Waals surface area contributed by atoms with Gasteiger partial charge in [0.25, 0.3) is 0 Å². The Kier molecular flexibility index (Phi) is 5.55. The number of anilines is 2. The van der Waals surface area contributed by atoms with Gasteiger partial charge in [0.05, 0.1) is 10.6 Å². The molecular formula is C18H18ClF3N4O. The fourth-order valence-corrected chi connectivity index (χ4v) is 3.23. The predicted octanol–water partition coefficient (Wildman–Crippen LogP) is 4.31. The summed E-state index contributed by atoms with van der Waals surface area (Å²) in [5, 5.41) is 2.75. The van der Waals surface area contributed by atoms with E-state index in [4.69, 9.17) is 11.6 Å². The van der Waals surface area contributed by atoms with E-state index >= 15 is 0 Å². The third-order valence-corrected chi connectivity index (χ3v) is 4.76. The van der Waals surface area contributed by atoms with Gasteiger partial charge in [-0.05, 0) is 37.5 Å². The van der Waals surface area contributed by atoms with E-state index in [1.54, 1.807) is 17.2 Å². The number of nitrogens with one attached hydrogen (secondary N) is 1. The number of carbonyl (C=O) groups is 1. The Bertz CT molecular complexity index is 818. The summed E-state index contributed by atoms with van der Waals surface area (Å²) in [5.41, 5.74) is 0.123. The number of pyridine rings is 2. The van der Waals surface area contributed by atoms with E-state index in [2.05, 4.69) is 15.3 Å². The van der Waals surface area contributed by atoms with Crippen molar-refractivity contribution in [3.63, 3.8) is 0 Å². The van der Waals surface area contributed by atoms with E-state index < -0.39 is 11.7 Å². The lowest BCUT2D eigenvalue weighted by Gasteiger charge is -2.32. The average Bonchev–Trinajstić information content (AvgIpc) is 2.63. The first-order valence-electron chi connectivity index (χ1n) is 8.45. The molecule has 1 N–H and O–H groups in total. The molecule has 0 aromatic carbocycles. The van der Waals surface area contributed by atoms with Gasteiger partial charge in [0.2, 0.25) is 5.91 Å². The van der Waals surface area contributed by atoms with Crippen LogP contribution in [0.5, 0.6) is 0 Å². The SMILES string of the molecule is Cc1ccc(NC(=O)C2CCN(c3ncc(C(F)(F)F)cc3Cl)CC2)nc1. The summed E-state index contributed by atoms with van der Waals surface area (Å²) in [6, 6.07) is 4.49. The smallest absolute Gasteiger partial charge is 0.355 e. The molecule has 0 spiro atoms. The molecule has 2 aromatic heterocycles. The summed E-state index contributed by atoms with van der Waals surface area (Å²) in [4.78, 5) is 22.2. The lowest BCUT2D eigenvalue weighted by molar-refractivity contribution is -0.137. The number of hydrogen-bond acceptors (Lipinski definition) is 4. The largest absolute Gasteiger partial charge is 0.417 e. The van der Waals surface area contributed by atoms with Crippen LogP contribution in [0.3, 0.4) is 0 Å². The molecule has 0 atom stereocenters. The molecule has 9 heteroatoms. The van der Waals surface area contributed by atoms with Crippen molar-refractivity contribution in [3.8, 4) is 0 Å². The molecule has 0 unspecified atom stereocenters. The number of rotatable bonds is 3. The van der Waals surface area contributed by atoms with Crippen LogP contribution in [0.15, 0.2) is 30.6 Å². The van der Waals surface area contributed by atoms with E-state index in [0.29, 0.717) is 37.6 Å². The number of piperidine rings is 1. The number of halogens is 4. The van der Waals surface area contributed by atoms with Crippen LogP contribution in [0.25, 0.3) is 0 Å². The van der Waals surface area contributed by atoms with Crippen LogP contribution in [0, 0.1) is 12.8 Å². The van der Waals surface area contributed by atoms with Gasteiger partial charge in [-0.1, -0.05) is 17.7 Å². The predicted molar refractivity (Wildman–Crippen MR) is 96.8 cm³/mol. The molecule has 27 heavy (non-hydrogen) atoms. The molecule has 3 rings (SSSR count). The lowest BCUT2D eigenvalue weighted by Crippen LogP contribution is -2.38. The minimum absolute atomic E-state index is 0.0448. The molecule has 1 aliphatic rings. The Morgan fingerprint density at radius 2 is 1.93 bits per heavy atom. The zero-order valence-corrected chi connectivity index (χ0v) is 15.3. The number of aromatic nitrogens is 2. The Labute approximate surface area is 159 Å². The molecular weight excluding hydrogens is 381 g/mol. The van der Waals surface area contributed by atoms with Crippen LogP contribution in [0.4, 0.5) is 24.8 Å². The molecule has 1 aliphatic heterocycles. The van der Waals surface area contributed by atoms with Gasteiger partial charge >= 0.3 is 6.18 Å². The van der Waals surface area contributed by atoms with E-state index in [9.17, 15) is 18.0 Å². The Balaban J connectivity index is 1.60. The average molecular weight is 399 g/mol. The van der Waals surface area contributed by atoms with Gasteiger partial charge in [0.15, 0.2) is 0 Å². The number of nitrogens with zero attached hydrogens (tertiary/aromatic N) is 3. The standard InChI is InChI=1S/C18H18ClF3N4O/c1-11-2-3-15(23-9-11)25-17(27)12-4-6-26(7-5-12)16-14(19)8-13(10-24-16)18(20,21)22/h2-3,8-10,12H,4-7H2,1H3,(H,23,25,27). The van der Waals surface area contributed by atoms with Crippen molar-refractivity contribution < 1.29 is 18.0 Å². The normalized spacial score (nSPS) is 15.7. The summed E-state index contributed by atoms with van der Waals surface area (Å²) < 4.78 is 38.2. The number of amides is 1. The van der Waals surface area contributed by atoms with Crippen molar-refractivity contribution in [1.29, 1.82) is 0 Å². The Hall–Kier alpha value is -2.35. The quantitative estimate of drug-likeness (QED) is 0.836. The summed E-state index contributed by atoms with van der Waals surface area (Å²) >= 11 is 6.00. The topological polar surface area (TPSA) is 58.1 Å². The van der Waals surface area contributed by atoms with Gasteiger partial charge in [-0.3, -0.25) is 4.79 Å². The fraction of sp³-hybridized carbons (Fsp3) is 0.389. The first-order valence-corrected chi connectivity index (χ1v) is 8.83. The second-order valence-corrected chi connectivity index (χ2v) is 6.91. The molecule has 0 radical (unpaired) electrons. The van der Waals surface area contributed by atoms with Crippen molar-refractivity contribution in [2.45, 2.75) is 25.9 Å². The van der Waals surface area contributed by atoms with Crippen LogP contribution >= 0.6 is 11.6 Å². The van der Waals surface area contributed by atoms with Crippen molar-refractivity contribution in [2.24, 2.45) is 5.92 Å². The van der Waals surface area contributed by atoms with Crippen molar-refractivity contribution in [1.82, 2.24) is 9.97 Å². The van der Waals surface area contributed by atoms with Crippen LogP contribution in [-0.2, 0) is 11.0 Å². The highest BCUT2D eigenvalue weighted by atomic mass is 35.5. The molecule has 2 aromatic rings. The maximum absolute atomic E-state index is 12.7. The van der Waals surface area contributed by atoms with Crippen LogP contribution in [0.2, 0.25) is 5.02 Å². The second-order valence-electron chi connectivity index (χ2n) is 6.50. The highest BCUT2D eigenvalue weighted by Gasteiger charge is 2.33. The molecule has 1 fully saturated rings. The fourth-order valence-electron chi connectivity index (χ4n) is 2.94. The van der Waals surface area contributed by atoms with Gasteiger partial charge in [-0.2, -0.15) is 13.2 Å². The monoisotopic (exact) mass is 398 g/mol. The lowest BCUT2D eigenvalue weighted by atomic mass is 9.96. The summed E-state index contributed by atoms with van der Waals surface area (Å²) in [6.07, 6.45) is -0.919.